The van der Waals surface area contributed by atoms with Crippen LogP contribution >= 0.6 is 0 Å². The van der Waals surface area contributed by atoms with Crippen LogP contribution in [-0.4, -0.2) is 33.8 Å². The number of nitrogens with zero attached hydrogens (tertiary/aromatic N) is 3. The summed E-state index contributed by atoms with van der Waals surface area (Å²) in [7, 11) is 0. The number of ketones is 1. The van der Waals surface area contributed by atoms with Crippen molar-refractivity contribution in [1.29, 1.82) is 0 Å². The Morgan fingerprint density at radius 3 is 2.18 bits per heavy atom. The van der Waals surface area contributed by atoms with Gasteiger partial charge in [-0.1, -0.05) is 0 Å². The number of furan rings is 1. The SMILES string of the molecule is CCNc1nc(NCC)nc(Nc2ccc(C(=O)/C=C/c3ccco3)cc2)n1. The zero-order chi connectivity index (χ0) is 19.8. The van der Waals surface area contributed by atoms with Crippen molar-refractivity contribution >= 4 is 35.4 Å². The molecule has 0 radical (unpaired) electrons. The zero-order valence-electron chi connectivity index (χ0n) is 15.8. The van der Waals surface area contributed by atoms with E-state index >= 15 is 0 Å². The molecule has 0 spiro atoms. The summed E-state index contributed by atoms with van der Waals surface area (Å²) in [5.74, 6) is 1.93. The average molecular weight is 378 g/mol. The van der Waals surface area contributed by atoms with Crippen molar-refractivity contribution in [3.05, 3.63) is 60.1 Å². The van der Waals surface area contributed by atoms with Crippen LogP contribution in [-0.2, 0) is 0 Å². The molecular weight excluding hydrogens is 356 g/mol. The van der Waals surface area contributed by atoms with Gasteiger partial charge in [0.1, 0.15) is 5.76 Å². The molecule has 8 nitrogen and oxygen atoms in total. The van der Waals surface area contributed by atoms with Gasteiger partial charge in [0.2, 0.25) is 17.8 Å². The molecule has 0 unspecified atom stereocenters. The molecule has 0 amide bonds. The first-order valence-corrected chi connectivity index (χ1v) is 9.04. The smallest absolute Gasteiger partial charge is 0.233 e. The van der Waals surface area contributed by atoms with Gasteiger partial charge in [-0.05, 0) is 62.4 Å². The molecular formula is C20H22N6O2. The minimum absolute atomic E-state index is 0.105. The van der Waals surface area contributed by atoms with Crippen molar-refractivity contribution in [2.24, 2.45) is 0 Å². The van der Waals surface area contributed by atoms with Crippen LogP contribution in [0, 0.1) is 0 Å². The molecule has 0 saturated heterocycles. The summed E-state index contributed by atoms with van der Waals surface area (Å²) in [5.41, 5.74) is 1.34. The summed E-state index contributed by atoms with van der Waals surface area (Å²) in [6.45, 7) is 5.36. The van der Waals surface area contributed by atoms with Crippen LogP contribution in [0.4, 0.5) is 23.5 Å². The second kappa shape index (κ2) is 9.31. The first-order valence-electron chi connectivity index (χ1n) is 9.04. The number of rotatable bonds is 9. The highest BCUT2D eigenvalue weighted by Gasteiger charge is 2.07. The van der Waals surface area contributed by atoms with Gasteiger partial charge in [-0.2, -0.15) is 15.0 Å². The molecule has 144 valence electrons. The van der Waals surface area contributed by atoms with Gasteiger partial charge in [0.25, 0.3) is 0 Å². The lowest BCUT2D eigenvalue weighted by molar-refractivity contribution is 0.104. The number of carbonyl (C=O) groups is 1. The van der Waals surface area contributed by atoms with Gasteiger partial charge < -0.3 is 20.4 Å². The standard InChI is InChI=1S/C20H22N6O2/c1-3-21-18-24-19(22-4-2)26-20(25-18)23-15-9-7-14(8-10-15)17(27)12-11-16-6-5-13-28-16/h5-13H,3-4H2,1-2H3,(H3,21,22,23,24,25,26)/b12-11+. The highest BCUT2D eigenvalue weighted by atomic mass is 16.3. The number of allylic oxidation sites excluding steroid dienone is 1. The molecule has 1 aromatic carbocycles. The van der Waals surface area contributed by atoms with Crippen LogP contribution in [0.3, 0.4) is 0 Å². The van der Waals surface area contributed by atoms with Gasteiger partial charge in [0.15, 0.2) is 5.78 Å². The van der Waals surface area contributed by atoms with E-state index in [0.29, 0.717) is 42.3 Å². The van der Waals surface area contributed by atoms with Gasteiger partial charge >= 0.3 is 0 Å². The molecule has 2 aromatic heterocycles. The minimum atomic E-state index is -0.105. The molecule has 8 heteroatoms. The molecule has 3 aromatic rings. The van der Waals surface area contributed by atoms with Crippen molar-refractivity contribution in [2.75, 3.05) is 29.0 Å². The van der Waals surface area contributed by atoms with E-state index in [9.17, 15) is 4.79 Å². The number of anilines is 4. The maximum Gasteiger partial charge on any atom is 0.233 e. The fraction of sp³-hybridized carbons (Fsp3) is 0.200. The molecule has 0 aliphatic heterocycles. The maximum absolute atomic E-state index is 12.2. The summed E-state index contributed by atoms with van der Waals surface area (Å²) in [4.78, 5) is 25.2. The number of benzene rings is 1. The van der Waals surface area contributed by atoms with E-state index < -0.39 is 0 Å². The third-order valence-electron chi connectivity index (χ3n) is 3.67. The number of carbonyl (C=O) groups excluding carboxylic acids is 1. The van der Waals surface area contributed by atoms with E-state index in [0.717, 1.165) is 5.69 Å². The van der Waals surface area contributed by atoms with Crippen LogP contribution in [0.2, 0.25) is 0 Å². The predicted molar refractivity (Wildman–Crippen MR) is 110 cm³/mol. The second-order valence-electron chi connectivity index (χ2n) is 5.78. The van der Waals surface area contributed by atoms with E-state index in [4.69, 9.17) is 4.42 Å². The normalized spacial score (nSPS) is 10.8. The number of hydrogen-bond acceptors (Lipinski definition) is 8. The third-order valence-corrected chi connectivity index (χ3v) is 3.67. The summed E-state index contributed by atoms with van der Waals surface area (Å²) in [6.07, 6.45) is 4.69. The third kappa shape index (κ3) is 5.16. The van der Waals surface area contributed by atoms with E-state index in [1.54, 1.807) is 48.7 Å². The van der Waals surface area contributed by atoms with Crippen LogP contribution in [0.25, 0.3) is 6.08 Å². The average Bonchev–Trinajstić information content (AvgIpc) is 3.21. The van der Waals surface area contributed by atoms with Crippen molar-refractivity contribution in [2.45, 2.75) is 13.8 Å². The van der Waals surface area contributed by atoms with Gasteiger partial charge in [-0.3, -0.25) is 4.79 Å². The molecule has 0 aliphatic carbocycles. The maximum atomic E-state index is 12.2. The van der Waals surface area contributed by atoms with E-state index in [2.05, 4.69) is 30.9 Å². The lowest BCUT2D eigenvalue weighted by atomic mass is 10.1. The van der Waals surface area contributed by atoms with Gasteiger partial charge in [-0.15, -0.1) is 0 Å². The van der Waals surface area contributed by atoms with Gasteiger partial charge in [0.05, 0.1) is 6.26 Å². The Morgan fingerprint density at radius 2 is 1.61 bits per heavy atom. The minimum Gasteiger partial charge on any atom is -0.465 e. The molecule has 28 heavy (non-hydrogen) atoms. The first kappa shape index (κ1) is 19.1. The Hall–Kier alpha value is -3.68. The molecule has 0 bridgehead atoms. The summed E-state index contributed by atoms with van der Waals surface area (Å²) >= 11 is 0. The lowest BCUT2D eigenvalue weighted by Crippen LogP contribution is -2.10. The second-order valence-corrected chi connectivity index (χ2v) is 5.78. The largest absolute Gasteiger partial charge is 0.465 e. The molecule has 2 heterocycles. The number of nitrogens with one attached hydrogen (secondary N) is 3. The van der Waals surface area contributed by atoms with Crippen molar-refractivity contribution in [3.63, 3.8) is 0 Å². The van der Waals surface area contributed by atoms with Crippen LogP contribution in [0.5, 0.6) is 0 Å². The Labute approximate surface area is 163 Å². The monoisotopic (exact) mass is 378 g/mol. The number of aromatic nitrogens is 3. The van der Waals surface area contributed by atoms with E-state index in [1.165, 1.54) is 6.08 Å². The van der Waals surface area contributed by atoms with E-state index in [1.807, 2.05) is 13.8 Å². The van der Waals surface area contributed by atoms with Gasteiger partial charge in [-0.25, -0.2) is 0 Å². The quantitative estimate of drug-likeness (QED) is 0.379. The Balaban J connectivity index is 1.70. The molecule has 0 saturated carbocycles. The Kier molecular flexibility index (Phi) is 6.35. The van der Waals surface area contributed by atoms with Crippen molar-refractivity contribution in [1.82, 2.24) is 15.0 Å². The van der Waals surface area contributed by atoms with Crippen molar-refractivity contribution < 1.29 is 9.21 Å². The molecule has 3 N–H and O–H groups in total. The summed E-state index contributed by atoms with van der Waals surface area (Å²) in [5, 5.41) is 9.30. The van der Waals surface area contributed by atoms with E-state index in [-0.39, 0.29) is 5.78 Å². The van der Waals surface area contributed by atoms with Crippen LogP contribution < -0.4 is 16.0 Å². The lowest BCUT2D eigenvalue weighted by Gasteiger charge is -2.10. The highest BCUT2D eigenvalue weighted by molar-refractivity contribution is 6.06. The topological polar surface area (TPSA) is 105 Å². The Bertz CT molecular complexity index is 912. The molecule has 0 fully saturated rings. The first-order chi connectivity index (χ1) is 13.7. The highest BCUT2D eigenvalue weighted by Crippen LogP contribution is 2.17. The summed E-state index contributed by atoms with van der Waals surface area (Å²) < 4.78 is 5.18. The predicted octanol–water partition coefficient (Wildman–Crippen LogP) is 3.97. The molecule has 0 aliphatic rings. The molecule has 0 atom stereocenters. The molecule has 3 rings (SSSR count). The fourth-order valence-corrected chi connectivity index (χ4v) is 2.39. The van der Waals surface area contributed by atoms with Crippen LogP contribution in [0.1, 0.15) is 30.0 Å². The fourth-order valence-electron chi connectivity index (χ4n) is 2.39. The van der Waals surface area contributed by atoms with Gasteiger partial charge in [0, 0.05) is 24.3 Å². The zero-order valence-corrected chi connectivity index (χ0v) is 15.8. The number of hydrogen-bond donors (Lipinski definition) is 3. The summed E-state index contributed by atoms with van der Waals surface area (Å²) in [6, 6.07) is 10.7. The van der Waals surface area contributed by atoms with Crippen LogP contribution in [0.15, 0.2) is 53.2 Å². The Morgan fingerprint density at radius 1 is 0.964 bits per heavy atom. The van der Waals surface area contributed by atoms with Crippen molar-refractivity contribution in [3.8, 4) is 0 Å².